The smallest absolute Gasteiger partial charge is 0.160 e. The number of aromatic nitrogens is 2. The van der Waals surface area contributed by atoms with Crippen LogP contribution in [0.5, 0.6) is 0 Å². The molecule has 7 aromatic rings. The Labute approximate surface area is 253 Å². The lowest BCUT2D eigenvalue weighted by atomic mass is 9.97. The van der Waals surface area contributed by atoms with Gasteiger partial charge < -0.3 is 0 Å². The molecular weight excluding hydrogens is 537 g/mol. The van der Waals surface area contributed by atoms with Crippen molar-refractivity contribution in [3.05, 3.63) is 146 Å². The maximum Gasteiger partial charge on any atom is 0.160 e. The molecule has 0 spiro atoms. The molecule has 8 rings (SSSR count). The highest BCUT2D eigenvalue weighted by atomic mass is 28.3. The molecule has 0 saturated carbocycles. The lowest BCUT2D eigenvalue weighted by Gasteiger charge is -2.21. The molecule has 204 valence electrons. The first-order valence-corrected chi connectivity index (χ1v) is 17.8. The molecule has 0 bridgehead atoms. The van der Waals surface area contributed by atoms with Crippen LogP contribution in [0.4, 0.5) is 0 Å². The third kappa shape index (κ3) is 4.24. The normalized spacial score (nSPS) is 13.1. The van der Waals surface area contributed by atoms with Gasteiger partial charge in [-0.05, 0) is 55.5 Å². The van der Waals surface area contributed by atoms with E-state index in [9.17, 15) is 0 Å². The molecule has 0 N–H and O–H groups in total. The maximum absolute atomic E-state index is 5.42. The minimum atomic E-state index is -2.08. The van der Waals surface area contributed by atoms with E-state index in [0.29, 0.717) is 0 Å². The fourth-order valence-corrected chi connectivity index (χ4v) is 9.91. The highest BCUT2D eigenvalue weighted by Crippen LogP contribution is 2.38. The van der Waals surface area contributed by atoms with Crippen molar-refractivity contribution >= 4 is 29.2 Å². The van der Waals surface area contributed by atoms with Crippen molar-refractivity contribution in [1.82, 2.24) is 9.97 Å². The molecule has 0 aliphatic carbocycles. The number of benzene rings is 6. The highest BCUT2D eigenvalue weighted by Gasteiger charge is 2.42. The lowest BCUT2D eigenvalue weighted by Crippen LogP contribution is -2.50. The first-order chi connectivity index (χ1) is 21.1. The third-order valence-electron chi connectivity index (χ3n) is 8.84. The maximum atomic E-state index is 5.42. The summed E-state index contributed by atoms with van der Waals surface area (Å²) in [6.07, 6.45) is 0. The summed E-state index contributed by atoms with van der Waals surface area (Å²) >= 11 is 0. The van der Waals surface area contributed by atoms with E-state index >= 15 is 0 Å². The van der Waals surface area contributed by atoms with Crippen molar-refractivity contribution in [3.8, 4) is 56.2 Å². The Kier molecular flexibility index (Phi) is 5.95. The quantitative estimate of drug-likeness (QED) is 0.199. The van der Waals surface area contributed by atoms with E-state index in [2.05, 4.69) is 159 Å². The molecule has 1 aromatic heterocycles. The zero-order valence-corrected chi connectivity index (χ0v) is 25.3. The SMILES string of the molecule is C[Si]1(C)c2ccc3ccccc3c2-c2nc(-c3cccc(-c4cccc(-c5ccccc5)c4)c3)nc(-c3ccccc3)c21. The molecule has 0 amide bonds. The summed E-state index contributed by atoms with van der Waals surface area (Å²) in [5, 5.41) is 5.30. The van der Waals surface area contributed by atoms with E-state index in [1.165, 1.54) is 43.4 Å². The van der Waals surface area contributed by atoms with Crippen molar-refractivity contribution in [3.63, 3.8) is 0 Å². The molecule has 0 fully saturated rings. The molecular formula is C40H30N2Si. The second-order valence-electron chi connectivity index (χ2n) is 11.8. The van der Waals surface area contributed by atoms with Gasteiger partial charge in [0.05, 0.1) is 11.4 Å². The monoisotopic (exact) mass is 566 g/mol. The van der Waals surface area contributed by atoms with Crippen LogP contribution >= 0.6 is 0 Å². The van der Waals surface area contributed by atoms with Crippen LogP contribution in [0.25, 0.3) is 66.9 Å². The van der Waals surface area contributed by atoms with Gasteiger partial charge in [0, 0.05) is 16.7 Å². The molecule has 0 saturated heterocycles. The molecule has 1 aliphatic heterocycles. The average Bonchev–Trinajstić information content (AvgIpc) is 3.31. The second kappa shape index (κ2) is 10.0. The number of hydrogen-bond acceptors (Lipinski definition) is 2. The first kappa shape index (κ1) is 25.6. The second-order valence-corrected chi connectivity index (χ2v) is 16.1. The fourth-order valence-electron chi connectivity index (χ4n) is 6.70. The van der Waals surface area contributed by atoms with Crippen LogP contribution in [0, 0.1) is 0 Å². The van der Waals surface area contributed by atoms with Crippen molar-refractivity contribution in [2.24, 2.45) is 0 Å². The summed E-state index contributed by atoms with van der Waals surface area (Å²) in [7, 11) is -2.08. The Balaban J connectivity index is 1.34. The van der Waals surface area contributed by atoms with Crippen LogP contribution in [0.1, 0.15) is 0 Å². The van der Waals surface area contributed by atoms with Gasteiger partial charge in [-0.2, -0.15) is 0 Å². The van der Waals surface area contributed by atoms with E-state index < -0.39 is 8.07 Å². The van der Waals surface area contributed by atoms with Crippen LogP contribution in [0.3, 0.4) is 0 Å². The van der Waals surface area contributed by atoms with Crippen LogP contribution < -0.4 is 10.4 Å². The van der Waals surface area contributed by atoms with Gasteiger partial charge in [0.2, 0.25) is 0 Å². The Bertz CT molecular complexity index is 2150. The molecule has 2 nitrogen and oxygen atoms in total. The molecule has 6 aromatic carbocycles. The largest absolute Gasteiger partial charge is 0.228 e. The van der Waals surface area contributed by atoms with Gasteiger partial charge in [0.25, 0.3) is 0 Å². The van der Waals surface area contributed by atoms with Gasteiger partial charge in [0.15, 0.2) is 5.82 Å². The number of rotatable bonds is 4. The standard InChI is InChI=1S/C40H30N2Si/c1-43(2)35-24-23-28-15-9-10-22-34(28)36(35)38-39(43)37(29-16-7-4-8-17-29)41-40(42-38)33-21-12-20-32(26-33)31-19-11-18-30(25-31)27-13-5-3-6-14-27/h3-26H,1-2H3. The van der Waals surface area contributed by atoms with E-state index in [1.807, 2.05) is 0 Å². The number of nitrogens with zero attached hydrogens (tertiary/aromatic N) is 2. The molecule has 0 unspecified atom stereocenters. The van der Waals surface area contributed by atoms with E-state index in [0.717, 1.165) is 33.9 Å². The lowest BCUT2D eigenvalue weighted by molar-refractivity contribution is 1.20. The van der Waals surface area contributed by atoms with E-state index in [-0.39, 0.29) is 0 Å². The van der Waals surface area contributed by atoms with Gasteiger partial charge in [0.1, 0.15) is 8.07 Å². The predicted octanol–water partition coefficient (Wildman–Crippen LogP) is 9.10. The molecule has 43 heavy (non-hydrogen) atoms. The van der Waals surface area contributed by atoms with Crippen LogP contribution in [-0.4, -0.2) is 18.0 Å². The summed E-state index contributed by atoms with van der Waals surface area (Å²) in [6.45, 7) is 4.89. The average molecular weight is 567 g/mol. The molecule has 0 radical (unpaired) electrons. The van der Waals surface area contributed by atoms with Crippen molar-refractivity contribution in [2.75, 3.05) is 0 Å². The Hall–Kier alpha value is -5.12. The Morgan fingerprint density at radius 3 is 1.70 bits per heavy atom. The van der Waals surface area contributed by atoms with Gasteiger partial charge in [-0.15, -0.1) is 0 Å². The summed E-state index contributed by atoms with van der Waals surface area (Å²) in [4.78, 5) is 10.8. The molecule has 0 atom stereocenters. The van der Waals surface area contributed by atoms with Gasteiger partial charge >= 0.3 is 0 Å². The van der Waals surface area contributed by atoms with Gasteiger partial charge in [-0.1, -0.05) is 147 Å². The predicted molar refractivity (Wildman–Crippen MR) is 183 cm³/mol. The van der Waals surface area contributed by atoms with Crippen LogP contribution in [0.2, 0.25) is 13.1 Å². The first-order valence-electron chi connectivity index (χ1n) is 14.8. The van der Waals surface area contributed by atoms with E-state index in [1.54, 1.807) is 0 Å². The summed E-state index contributed by atoms with van der Waals surface area (Å²) < 4.78 is 0. The fraction of sp³-hybridized carbons (Fsp3) is 0.0500. The topological polar surface area (TPSA) is 25.8 Å². The molecule has 2 heterocycles. The minimum Gasteiger partial charge on any atom is -0.228 e. The summed E-state index contributed by atoms with van der Waals surface area (Å²) in [5.41, 5.74) is 10.4. The molecule has 3 heteroatoms. The zero-order chi connectivity index (χ0) is 29.0. The van der Waals surface area contributed by atoms with Crippen molar-refractivity contribution in [2.45, 2.75) is 13.1 Å². The summed E-state index contributed by atoms with van der Waals surface area (Å²) in [5.74, 6) is 0.768. The number of hydrogen-bond donors (Lipinski definition) is 0. The van der Waals surface area contributed by atoms with Gasteiger partial charge in [-0.3, -0.25) is 0 Å². The highest BCUT2D eigenvalue weighted by molar-refractivity contribution is 7.04. The minimum absolute atomic E-state index is 0.768. The van der Waals surface area contributed by atoms with Crippen LogP contribution in [0.15, 0.2) is 146 Å². The van der Waals surface area contributed by atoms with Crippen molar-refractivity contribution < 1.29 is 0 Å². The Morgan fingerprint density at radius 2 is 0.977 bits per heavy atom. The van der Waals surface area contributed by atoms with Crippen LogP contribution in [-0.2, 0) is 0 Å². The number of fused-ring (bicyclic) bond motifs is 5. The third-order valence-corrected chi connectivity index (χ3v) is 12.3. The Morgan fingerprint density at radius 1 is 0.442 bits per heavy atom. The molecule has 1 aliphatic rings. The zero-order valence-electron chi connectivity index (χ0n) is 24.3. The van der Waals surface area contributed by atoms with Gasteiger partial charge in [-0.25, -0.2) is 9.97 Å². The van der Waals surface area contributed by atoms with Crippen molar-refractivity contribution in [1.29, 1.82) is 0 Å². The summed E-state index contributed by atoms with van der Waals surface area (Å²) in [6, 6.07) is 52.0. The van der Waals surface area contributed by atoms with E-state index in [4.69, 9.17) is 9.97 Å².